The lowest BCUT2D eigenvalue weighted by molar-refractivity contribution is 0.675. The number of rotatable bonds is 7. The van der Waals surface area contributed by atoms with Gasteiger partial charge in [0.05, 0.1) is 5.69 Å². The average Bonchev–Trinajstić information content (AvgIpc) is 2.52. The smallest absolute Gasteiger partial charge is 0.0737 e. The molecular weight excluding hydrogens is 254 g/mol. The van der Waals surface area contributed by atoms with Gasteiger partial charge in [-0.2, -0.15) is 0 Å². The van der Waals surface area contributed by atoms with Crippen LogP contribution in [0.5, 0.6) is 0 Å². The molecule has 1 aromatic carbocycles. The van der Waals surface area contributed by atoms with E-state index < -0.39 is 0 Å². The molecule has 0 N–H and O–H groups in total. The third-order valence-corrected chi connectivity index (χ3v) is 3.75. The zero-order chi connectivity index (χ0) is 14.9. The second-order valence-electron chi connectivity index (χ2n) is 5.51. The highest BCUT2D eigenvalue weighted by Crippen LogP contribution is 2.25. The van der Waals surface area contributed by atoms with Crippen LogP contribution in [0, 0.1) is 6.92 Å². The molecule has 1 heteroatoms. The van der Waals surface area contributed by atoms with E-state index in [1.54, 1.807) is 0 Å². The summed E-state index contributed by atoms with van der Waals surface area (Å²) < 4.78 is 0. The number of nitrogens with zero attached hydrogens (tertiary/aromatic N) is 1. The Morgan fingerprint density at radius 3 is 2.67 bits per heavy atom. The van der Waals surface area contributed by atoms with Gasteiger partial charge in [-0.1, -0.05) is 68.7 Å². The minimum Gasteiger partial charge on any atom is -0.256 e. The van der Waals surface area contributed by atoms with E-state index in [1.165, 1.54) is 42.4 Å². The van der Waals surface area contributed by atoms with Gasteiger partial charge in [0.1, 0.15) is 0 Å². The average molecular weight is 279 g/mol. The molecule has 0 unspecified atom stereocenters. The predicted molar refractivity (Wildman–Crippen MR) is 92.2 cm³/mol. The summed E-state index contributed by atoms with van der Waals surface area (Å²) >= 11 is 0. The first kappa shape index (κ1) is 15.5. The number of hydrogen-bond donors (Lipinski definition) is 0. The molecule has 0 radical (unpaired) electrons. The van der Waals surface area contributed by atoms with Crippen molar-refractivity contribution in [3.63, 3.8) is 0 Å². The van der Waals surface area contributed by atoms with Crippen molar-refractivity contribution < 1.29 is 0 Å². The maximum atomic E-state index is 4.54. The standard InChI is InChI=1S/C20H25N/c1-3-4-5-6-7-8-13-18-14-9-10-15-19(18)20-17(2)12-11-16-21-20/h8-16H,3-7H2,1-2H3/b13-8+. The van der Waals surface area contributed by atoms with Crippen LogP contribution in [-0.4, -0.2) is 4.98 Å². The summed E-state index contributed by atoms with van der Waals surface area (Å²) in [6, 6.07) is 12.6. The highest BCUT2D eigenvalue weighted by atomic mass is 14.7. The molecule has 0 amide bonds. The normalized spacial score (nSPS) is 11.1. The molecule has 0 aliphatic heterocycles. The Balaban J connectivity index is 2.11. The third-order valence-electron chi connectivity index (χ3n) is 3.75. The zero-order valence-electron chi connectivity index (χ0n) is 13.2. The largest absolute Gasteiger partial charge is 0.256 e. The fourth-order valence-electron chi connectivity index (χ4n) is 2.52. The van der Waals surface area contributed by atoms with Gasteiger partial charge in [0.15, 0.2) is 0 Å². The maximum absolute atomic E-state index is 4.54. The van der Waals surface area contributed by atoms with Gasteiger partial charge in [-0.3, -0.25) is 4.98 Å². The van der Waals surface area contributed by atoms with Crippen molar-refractivity contribution in [2.45, 2.75) is 46.0 Å². The van der Waals surface area contributed by atoms with Crippen molar-refractivity contribution in [2.75, 3.05) is 0 Å². The highest BCUT2D eigenvalue weighted by Gasteiger charge is 2.05. The van der Waals surface area contributed by atoms with Crippen LogP contribution < -0.4 is 0 Å². The summed E-state index contributed by atoms with van der Waals surface area (Å²) in [7, 11) is 0. The first-order valence-corrected chi connectivity index (χ1v) is 8.00. The van der Waals surface area contributed by atoms with Gasteiger partial charge in [0.25, 0.3) is 0 Å². The molecule has 0 atom stereocenters. The van der Waals surface area contributed by atoms with Crippen LogP contribution >= 0.6 is 0 Å². The Morgan fingerprint density at radius 1 is 1.00 bits per heavy atom. The lowest BCUT2D eigenvalue weighted by Crippen LogP contribution is -1.89. The monoisotopic (exact) mass is 279 g/mol. The number of aromatic nitrogens is 1. The van der Waals surface area contributed by atoms with E-state index >= 15 is 0 Å². The van der Waals surface area contributed by atoms with Gasteiger partial charge in [0, 0.05) is 11.8 Å². The maximum Gasteiger partial charge on any atom is 0.0737 e. The Hall–Kier alpha value is -1.89. The third kappa shape index (κ3) is 4.56. The zero-order valence-corrected chi connectivity index (χ0v) is 13.2. The van der Waals surface area contributed by atoms with Crippen LogP contribution in [0.2, 0.25) is 0 Å². The van der Waals surface area contributed by atoms with Gasteiger partial charge in [-0.15, -0.1) is 0 Å². The second-order valence-corrected chi connectivity index (χ2v) is 5.51. The van der Waals surface area contributed by atoms with E-state index in [0.717, 1.165) is 12.1 Å². The van der Waals surface area contributed by atoms with Crippen LogP contribution in [0.4, 0.5) is 0 Å². The molecule has 1 aromatic heterocycles. The quantitative estimate of drug-likeness (QED) is 0.563. The van der Waals surface area contributed by atoms with E-state index in [2.05, 4.69) is 61.3 Å². The van der Waals surface area contributed by atoms with Crippen LogP contribution in [-0.2, 0) is 0 Å². The van der Waals surface area contributed by atoms with Gasteiger partial charge in [-0.05, 0) is 37.0 Å². The molecule has 1 nitrogen and oxygen atoms in total. The number of allylic oxidation sites excluding steroid dienone is 1. The Labute approximate surface area is 128 Å². The van der Waals surface area contributed by atoms with E-state index in [1.807, 2.05) is 12.3 Å². The Bertz CT molecular complexity index is 584. The van der Waals surface area contributed by atoms with Crippen molar-refractivity contribution >= 4 is 6.08 Å². The molecule has 0 aliphatic rings. The van der Waals surface area contributed by atoms with Crippen molar-refractivity contribution in [2.24, 2.45) is 0 Å². The van der Waals surface area contributed by atoms with E-state index in [9.17, 15) is 0 Å². The van der Waals surface area contributed by atoms with Crippen LogP contribution in [0.1, 0.15) is 50.2 Å². The molecule has 1 heterocycles. The first-order valence-electron chi connectivity index (χ1n) is 8.00. The Morgan fingerprint density at radius 2 is 1.86 bits per heavy atom. The molecule has 110 valence electrons. The van der Waals surface area contributed by atoms with E-state index in [4.69, 9.17) is 0 Å². The van der Waals surface area contributed by atoms with Gasteiger partial charge in [0.2, 0.25) is 0 Å². The number of pyridine rings is 1. The number of aryl methyl sites for hydroxylation is 1. The summed E-state index contributed by atoms with van der Waals surface area (Å²) in [5.74, 6) is 0. The predicted octanol–water partition coefficient (Wildman–Crippen LogP) is 6.04. The number of hydrogen-bond acceptors (Lipinski definition) is 1. The highest BCUT2D eigenvalue weighted by molar-refractivity contribution is 5.74. The molecule has 0 spiro atoms. The Kier molecular flexibility index (Phi) is 6.21. The fourth-order valence-corrected chi connectivity index (χ4v) is 2.52. The molecule has 0 aliphatic carbocycles. The van der Waals surface area contributed by atoms with Crippen molar-refractivity contribution in [3.05, 3.63) is 59.8 Å². The summed E-state index contributed by atoms with van der Waals surface area (Å²) in [6.07, 6.45) is 12.8. The number of unbranched alkanes of at least 4 members (excludes halogenated alkanes) is 4. The van der Waals surface area contributed by atoms with Crippen LogP contribution in [0.15, 0.2) is 48.7 Å². The van der Waals surface area contributed by atoms with Gasteiger partial charge in [-0.25, -0.2) is 0 Å². The van der Waals surface area contributed by atoms with E-state index in [-0.39, 0.29) is 0 Å². The van der Waals surface area contributed by atoms with Crippen LogP contribution in [0.3, 0.4) is 0 Å². The minimum atomic E-state index is 1.09. The van der Waals surface area contributed by atoms with Gasteiger partial charge >= 0.3 is 0 Å². The molecule has 2 aromatic rings. The van der Waals surface area contributed by atoms with E-state index in [0.29, 0.717) is 0 Å². The molecule has 21 heavy (non-hydrogen) atoms. The SMILES string of the molecule is CCCCCC/C=C/c1ccccc1-c1ncccc1C. The molecule has 0 saturated heterocycles. The lowest BCUT2D eigenvalue weighted by Gasteiger charge is -2.08. The van der Waals surface area contributed by atoms with Gasteiger partial charge < -0.3 is 0 Å². The molecular formula is C20H25N. The summed E-state index contributed by atoms with van der Waals surface area (Å²) in [4.78, 5) is 4.54. The molecule has 0 saturated carbocycles. The fraction of sp³-hybridized carbons (Fsp3) is 0.350. The first-order chi connectivity index (χ1) is 10.3. The van der Waals surface area contributed by atoms with Crippen molar-refractivity contribution in [1.82, 2.24) is 4.98 Å². The molecule has 0 bridgehead atoms. The summed E-state index contributed by atoms with van der Waals surface area (Å²) in [5.41, 5.74) is 4.79. The van der Waals surface area contributed by atoms with Crippen molar-refractivity contribution in [3.8, 4) is 11.3 Å². The molecule has 2 rings (SSSR count). The summed E-state index contributed by atoms with van der Waals surface area (Å²) in [6.45, 7) is 4.37. The molecule has 0 fully saturated rings. The van der Waals surface area contributed by atoms with Crippen LogP contribution in [0.25, 0.3) is 17.3 Å². The second kappa shape index (κ2) is 8.41. The minimum absolute atomic E-state index is 1.09. The topological polar surface area (TPSA) is 12.9 Å². The summed E-state index contributed by atoms with van der Waals surface area (Å²) in [5, 5.41) is 0. The number of benzene rings is 1. The lowest BCUT2D eigenvalue weighted by atomic mass is 10.00. The van der Waals surface area contributed by atoms with Crippen molar-refractivity contribution in [1.29, 1.82) is 0 Å².